The molecule has 2 rings (SSSR count). The Bertz CT molecular complexity index is 592. The molecule has 0 heterocycles. The lowest BCUT2D eigenvalue weighted by molar-refractivity contribution is 0.224. The van der Waals surface area contributed by atoms with E-state index in [2.05, 4.69) is 31.2 Å². The third kappa shape index (κ3) is 1.71. The quantitative estimate of drug-likeness (QED) is 0.789. The summed E-state index contributed by atoms with van der Waals surface area (Å²) in [5.41, 5.74) is 6.09. The number of hydrogen-bond donors (Lipinski definition) is 1. The van der Waals surface area contributed by atoms with Gasteiger partial charge in [-0.25, -0.2) is 0 Å². The van der Waals surface area contributed by atoms with Gasteiger partial charge in [0, 0.05) is 5.92 Å². The number of allylic oxidation sites excluding steroid dienone is 4. The number of nitrogens with zero attached hydrogens (tertiary/aromatic N) is 3. The van der Waals surface area contributed by atoms with Crippen molar-refractivity contribution in [3.05, 3.63) is 22.9 Å². The van der Waals surface area contributed by atoms with E-state index in [4.69, 9.17) is 5.73 Å². The normalized spacial score (nSPS) is 31.4. The largest absolute Gasteiger partial charge is 0.399 e. The molecule has 0 amide bonds. The third-order valence-corrected chi connectivity index (χ3v) is 4.97. The molecule has 3 atom stereocenters. The zero-order valence-corrected chi connectivity index (χ0v) is 11.8. The molecule has 0 saturated carbocycles. The van der Waals surface area contributed by atoms with E-state index in [1.54, 1.807) is 0 Å². The predicted molar refractivity (Wildman–Crippen MR) is 74.2 cm³/mol. The molecule has 0 aliphatic heterocycles. The molecule has 2 aliphatic carbocycles. The van der Waals surface area contributed by atoms with Crippen molar-refractivity contribution in [2.45, 2.75) is 33.1 Å². The van der Waals surface area contributed by atoms with Crippen molar-refractivity contribution >= 4 is 0 Å². The Morgan fingerprint density at radius 1 is 1.35 bits per heavy atom. The highest BCUT2D eigenvalue weighted by molar-refractivity contribution is 5.56. The summed E-state index contributed by atoms with van der Waals surface area (Å²) in [6.07, 6.45) is 5.02. The van der Waals surface area contributed by atoms with Gasteiger partial charge in [-0.15, -0.1) is 0 Å². The highest BCUT2D eigenvalue weighted by Gasteiger charge is 2.51. The van der Waals surface area contributed by atoms with Gasteiger partial charge in [-0.2, -0.15) is 15.8 Å². The molecular weight excluding hydrogens is 248 g/mol. The molecule has 4 heteroatoms. The van der Waals surface area contributed by atoms with Crippen molar-refractivity contribution in [3.8, 4) is 18.2 Å². The molecule has 20 heavy (non-hydrogen) atoms. The molecule has 102 valence electrons. The Labute approximate surface area is 119 Å². The maximum Gasteiger partial charge on any atom is 0.187 e. The molecule has 0 aromatic rings. The Kier molecular flexibility index (Phi) is 3.56. The van der Waals surface area contributed by atoms with Gasteiger partial charge in [0.2, 0.25) is 0 Å². The van der Waals surface area contributed by atoms with Crippen LogP contribution in [0, 0.1) is 57.2 Å². The maximum atomic E-state index is 9.49. The van der Waals surface area contributed by atoms with E-state index in [9.17, 15) is 15.8 Å². The van der Waals surface area contributed by atoms with E-state index >= 15 is 0 Å². The van der Waals surface area contributed by atoms with Crippen LogP contribution in [0.1, 0.15) is 33.1 Å². The zero-order valence-electron chi connectivity index (χ0n) is 11.8. The molecular formula is C16H18N4. The summed E-state index contributed by atoms with van der Waals surface area (Å²) in [7, 11) is 0. The highest BCUT2D eigenvalue weighted by Crippen LogP contribution is 2.51. The number of rotatable bonds is 1. The van der Waals surface area contributed by atoms with Crippen molar-refractivity contribution in [2.75, 3.05) is 0 Å². The second kappa shape index (κ2) is 5.03. The van der Waals surface area contributed by atoms with Gasteiger partial charge in [-0.05, 0) is 30.3 Å². The molecule has 0 bridgehead atoms. The molecule has 0 unspecified atom stereocenters. The smallest absolute Gasteiger partial charge is 0.187 e. The summed E-state index contributed by atoms with van der Waals surface area (Å²) in [5.74, 6) is 0.450. The second-order valence-corrected chi connectivity index (χ2v) is 5.73. The van der Waals surface area contributed by atoms with Crippen LogP contribution in [-0.2, 0) is 0 Å². The standard InChI is InChI=1S/C16H18N4/c1-3-11-4-5-12-13(6-11)10(2)16(8-18,9-19)15(20)14(12)7-17/h5,10-11,13H,3-4,6,20H2,1-2H3/t10-,11-,13+/m1/s1. The van der Waals surface area contributed by atoms with Crippen molar-refractivity contribution in [3.63, 3.8) is 0 Å². The van der Waals surface area contributed by atoms with Crippen LogP contribution in [0.2, 0.25) is 0 Å². The Hall–Kier alpha value is -2.25. The molecule has 0 radical (unpaired) electrons. The first-order valence-electron chi connectivity index (χ1n) is 6.98. The first-order chi connectivity index (χ1) is 9.55. The molecule has 4 nitrogen and oxygen atoms in total. The molecule has 0 aromatic heterocycles. The molecule has 0 spiro atoms. The first-order valence-corrected chi connectivity index (χ1v) is 6.98. The number of nitrogens with two attached hydrogens (primary N) is 1. The molecule has 0 aromatic carbocycles. The van der Waals surface area contributed by atoms with Gasteiger partial charge in [0.05, 0.1) is 23.4 Å². The Balaban J connectivity index is 2.65. The van der Waals surface area contributed by atoms with Crippen LogP contribution in [0.15, 0.2) is 22.9 Å². The predicted octanol–water partition coefficient (Wildman–Crippen LogP) is 2.77. The minimum Gasteiger partial charge on any atom is -0.399 e. The van der Waals surface area contributed by atoms with Crippen LogP contribution in [0.25, 0.3) is 0 Å². The van der Waals surface area contributed by atoms with E-state index in [1.165, 1.54) is 0 Å². The number of fused-ring (bicyclic) bond motifs is 1. The van der Waals surface area contributed by atoms with E-state index < -0.39 is 5.41 Å². The van der Waals surface area contributed by atoms with Gasteiger partial charge in [0.25, 0.3) is 0 Å². The summed E-state index contributed by atoms with van der Waals surface area (Å²) in [4.78, 5) is 0. The van der Waals surface area contributed by atoms with Gasteiger partial charge >= 0.3 is 0 Å². The Morgan fingerprint density at radius 3 is 2.50 bits per heavy atom. The zero-order chi connectivity index (χ0) is 14.9. The SMILES string of the molecule is CC[C@@H]1CC=C2C(C#N)=C(N)C(C#N)(C#N)[C@H](C)[C@@H]2C1. The van der Waals surface area contributed by atoms with Crippen LogP contribution >= 0.6 is 0 Å². The number of nitriles is 3. The molecule has 2 aliphatic rings. The lowest BCUT2D eigenvalue weighted by atomic mass is 9.58. The minimum atomic E-state index is -1.37. The Morgan fingerprint density at radius 2 is 2.00 bits per heavy atom. The van der Waals surface area contributed by atoms with E-state index in [0.717, 1.165) is 24.8 Å². The van der Waals surface area contributed by atoms with Crippen LogP contribution in [-0.4, -0.2) is 0 Å². The van der Waals surface area contributed by atoms with Crippen LogP contribution in [0.5, 0.6) is 0 Å². The maximum absolute atomic E-state index is 9.49. The van der Waals surface area contributed by atoms with Crippen molar-refractivity contribution in [1.82, 2.24) is 0 Å². The van der Waals surface area contributed by atoms with Gasteiger partial charge in [0.1, 0.15) is 6.07 Å². The van der Waals surface area contributed by atoms with E-state index in [0.29, 0.717) is 11.5 Å². The summed E-state index contributed by atoms with van der Waals surface area (Å²) < 4.78 is 0. The van der Waals surface area contributed by atoms with E-state index in [1.807, 2.05) is 6.92 Å². The van der Waals surface area contributed by atoms with Gasteiger partial charge in [-0.3, -0.25) is 0 Å². The first kappa shape index (κ1) is 14.2. The lowest BCUT2D eigenvalue weighted by Crippen LogP contribution is -2.43. The molecule has 0 fully saturated rings. The van der Waals surface area contributed by atoms with E-state index in [-0.39, 0.29) is 17.5 Å². The lowest BCUT2D eigenvalue weighted by Gasteiger charge is -2.43. The number of hydrogen-bond acceptors (Lipinski definition) is 4. The average molecular weight is 266 g/mol. The van der Waals surface area contributed by atoms with Crippen molar-refractivity contribution in [2.24, 2.45) is 28.9 Å². The summed E-state index contributed by atoms with van der Waals surface area (Å²) in [6, 6.07) is 6.26. The van der Waals surface area contributed by atoms with Gasteiger partial charge in [0.15, 0.2) is 5.41 Å². The fourth-order valence-corrected chi connectivity index (χ4v) is 3.50. The van der Waals surface area contributed by atoms with Gasteiger partial charge < -0.3 is 5.73 Å². The fraction of sp³-hybridized carbons (Fsp3) is 0.562. The minimum absolute atomic E-state index is 0.0787. The van der Waals surface area contributed by atoms with Crippen molar-refractivity contribution < 1.29 is 0 Å². The van der Waals surface area contributed by atoms with Crippen LogP contribution in [0.3, 0.4) is 0 Å². The highest BCUT2D eigenvalue weighted by atomic mass is 14.7. The molecule has 0 saturated heterocycles. The topological polar surface area (TPSA) is 97.4 Å². The van der Waals surface area contributed by atoms with Crippen LogP contribution < -0.4 is 5.73 Å². The molecule has 2 N–H and O–H groups in total. The summed E-state index contributed by atoms with van der Waals surface area (Å²) in [6.45, 7) is 4.05. The van der Waals surface area contributed by atoms with Gasteiger partial charge in [-0.1, -0.05) is 26.3 Å². The summed E-state index contributed by atoms with van der Waals surface area (Å²) in [5, 5.41) is 28.4. The van der Waals surface area contributed by atoms with Crippen LogP contribution in [0.4, 0.5) is 0 Å². The summed E-state index contributed by atoms with van der Waals surface area (Å²) >= 11 is 0. The van der Waals surface area contributed by atoms with Crippen molar-refractivity contribution in [1.29, 1.82) is 15.8 Å². The third-order valence-electron chi connectivity index (χ3n) is 4.97. The monoisotopic (exact) mass is 266 g/mol. The second-order valence-electron chi connectivity index (χ2n) is 5.73. The fourth-order valence-electron chi connectivity index (χ4n) is 3.50. The average Bonchev–Trinajstić information content (AvgIpc) is 2.49.